The van der Waals surface area contributed by atoms with Gasteiger partial charge in [0.1, 0.15) is 0 Å². The largest absolute Gasteiger partial charge is 0.354 e. The maximum atomic E-state index is 12.3. The standard InChI is InChI=1S/C17H20N4O/c1-11-10-12(11)17(22)20-15-16(21-8-4-5-9-21)19-14-7-3-2-6-13(14)18-15/h2-3,6-7,11-12H,4-5,8-10H2,1H3,(H,18,20,22)/t11-,12+/m0/s1. The first-order chi connectivity index (χ1) is 10.7. The Bertz CT molecular complexity index is 724. The lowest BCUT2D eigenvalue weighted by Crippen LogP contribution is -2.24. The Labute approximate surface area is 129 Å². The Morgan fingerprint density at radius 3 is 2.45 bits per heavy atom. The molecule has 4 rings (SSSR count). The van der Waals surface area contributed by atoms with E-state index in [2.05, 4.69) is 22.1 Å². The summed E-state index contributed by atoms with van der Waals surface area (Å²) in [6, 6.07) is 7.82. The molecule has 1 amide bonds. The number of hydrogen-bond acceptors (Lipinski definition) is 4. The van der Waals surface area contributed by atoms with Crippen LogP contribution in [0.25, 0.3) is 11.0 Å². The number of para-hydroxylation sites is 2. The van der Waals surface area contributed by atoms with Crippen LogP contribution in [-0.2, 0) is 4.79 Å². The minimum Gasteiger partial charge on any atom is -0.354 e. The lowest BCUT2D eigenvalue weighted by atomic mass is 10.3. The molecule has 2 fully saturated rings. The summed E-state index contributed by atoms with van der Waals surface area (Å²) in [4.78, 5) is 23.9. The van der Waals surface area contributed by atoms with Gasteiger partial charge in [0.2, 0.25) is 5.91 Å². The molecule has 22 heavy (non-hydrogen) atoms. The summed E-state index contributed by atoms with van der Waals surface area (Å²) in [5.74, 6) is 2.14. The fraction of sp³-hybridized carbons (Fsp3) is 0.471. The Morgan fingerprint density at radius 2 is 1.82 bits per heavy atom. The van der Waals surface area contributed by atoms with E-state index in [1.54, 1.807) is 0 Å². The van der Waals surface area contributed by atoms with Crippen molar-refractivity contribution in [3.8, 4) is 0 Å². The number of carbonyl (C=O) groups excluding carboxylic acids is 1. The van der Waals surface area contributed by atoms with E-state index >= 15 is 0 Å². The molecule has 1 aromatic heterocycles. The Kier molecular flexibility index (Phi) is 3.21. The topological polar surface area (TPSA) is 58.1 Å². The monoisotopic (exact) mass is 296 g/mol. The van der Waals surface area contributed by atoms with Crippen molar-refractivity contribution in [1.82, 2.24) is 9.97 Å². The Balaban J connectivity index is 1.72. The molecule has 5 nitrogen and oxygen atoms in total. The minimum absolute atomic E-state index is 0.0810. The van der Waals surface area contributed by atoms with Crippen LogP contribution >= 0.6 is 0 Å². The normalized spacial score (nSPS) is 23.8. The number of fused-ring (bicyclic) bond motifs is 1. The summed E-state index contributed by atoms with van der Waals surface area (Å²) in [5.41, 5.74) is 1.70. The van der Waals surface area contributed by atoms with Gasteiger partial charge < -0.3 is 10.2 Å². The van der Waals surface area contributed by atoms with Crippen LogP contribution in [-0.4, -0.2) is 29.0 Å². The molecule has 114 valence electrons. The van der Waals surface area contributed by atoms with Crippen molar-refractivity contribution in [2.24, 2.45) is 11.8 Å². The molecule has 1 aliphatic heterocycles. The number of amides is 1. The van der Waals surface area contributed by atoms with Crippen molar-refractivity contribution in [2.75, 3.05) is 23.3 Å². The van der Waals surface area contributed by atoms with E-state index in [4.69, 9.17) is 4.98 Å². The molecule has 1 saturated heterocycles. The van der Waals surface area contributed by atoms with Crippen LogP contribution in [0.5, 0.6) is 0 Å². The quantitative estimate of drug-likeness (QED) is 0.946. The molecule has 1 aliphatic carbocycles. The predicted octanol–water partition coefficient (Wildman–Crippen LogP) is 2.82. The summed E-state index contributed by atoms with van der Waals surface area (Å²) >= 11 is 0. The van der Waals surface area contributed by atoms with E-state index < -0.39 is 0 Å². The lowest BCUT2D eigenvalue weighted by Gasteiger charge is -2.20. The number of carbonyl (C=O) groups is 1. The average Bonchev–Trinajstić information content (AvgIpc) is 3.03. The first-order valence-corrected chi connectivity index (χ1v) is 8.05. The predicted molar refractivity (Wildman–Crippen MR) is 86.9 cm³/mol. The highest BCUT2D eigenvalue weighted by molar-refractivity contribution is 5.97. The number of nitrogens with zero attached hydrogens (tertiary/aromatic N) is 3. The summed E-state index contributed by atoms with van der Waals surface area (Å²) in [6.07, 6.45) is 3.31. The second-order valence-corrected chi connectivity index (χ2v) is 6.39. The minimum atomic E-state index is 0.0810. The third-order valence-corrected chi connectivity index (χ3v) is 4.65. The van der Waals surface area contributed by atoms with Crippen molar-refractivity contribution >= 4 is 28.6 Å². The van der Waals surface area contributed by atoms with Crippen molar-refractivity contribution in [1.29, 1.82) is 0 Å². The maximum Gasteiger partial charge on any atom is 0.229 e. The highest BCUT2D eigenvalue weighted by Gasteiger charge is 2.39. The maximum absolute atomic E-state index is 12.3. The van der Waals surface area contributed by atoms with Crippen LogP contribution in [0.1, 0.15) is 26.2 Å². The van der Waals surface area contributed by atoms with Gasteiger partial charge in [0.15, 0.2) is 11.6 Å². The summed E-state index contributed by atoms with van der Waals surface area (Å²) in [6.45, 7) is 4.07. The van der Waals surface area contributed by atoms with Gasteiger partial charge in [0.25, 0.3) is 0 Å². The van der Waals surface area contributed by atoms with Gasteiger partial charge in [0.05, 0.1) is 11.0 Å². The third kappa shape index (κ3) is 2.40. The molecule has 0 bridgehead atoms. The van der Waals surface area contributed by atoms with Crippen molar-refractivity contribution < 1.29 is 4.79 Å². The summed E-state index contributed by atoms with van der Waals surface area (Å²) in [7, 11) is 0. The number of rotatable bonds is 3. The zero-order valence-electron chi connectivity index (χ0n) is 12.7. The van der Waals surface area contributed by atoms with Gasteiger partial charge in [-0.1, -0.05) is 19.1 Å². The van der Waals surface area contributed by atoms with Gasteiger partial charge in [0, 0.05) is 19.0 Å². The summed E-state index contributed by atoms with van der Waals surface area (Å²) < 4.78 is 0. The number of aromatic nitrogens is 2. The van der Waals surface area contributed by atoms with Gasteiger partial charge in [-0.15, -0.1) is 0 Å². The molecule has 2 aliphatic rings. The molecule has 5 heteroatoms. The second kappa shape index (κ2) is 5.23. The first-order valence-electron chi connectivity index (χ1n) is 8.05. The van der Waals surface area contributed by atoms with Crippen LogP contribution in [0.3, 0.4) is 0 Å². The van der Waals surface area contributed by atoms with Crippen molar-refractivity contribution in [3.63, 3.8) is 0 Å². The zero-order chi connectivity index (χ0) is 15.1. The second-order valence-electron chi connectivity index (χ2n) is 6.39. The summed E-state index contributed by atoms with van der Waals surface area (Å²) in [5, 5.41) is 3.02. The number of anilines is 2. The van der Waals surface area contributed by atoms with E-state index in [1.165, 1.54) is 12.8 Å². The highest BCUT2D eigenvalue weighted by atomic mass is 16.2. The molecule has 2 aromatic rings. The fourth-order valence-electron chi connectivity index (χ4n) is 3.12. The highest BCUT2D eigenvalue weighted by Crippen LogP contribution is 2.39. The molecule has 0 radical (unpaired) electrons. The number of hydrogen-bond donors (Lipinski definition) is 1. The molecule has 1 N–H and O–H groups in total. The van der Waals surface area contributed by atoms with Crippen LogP contribution in [0.4, 0.5) is 11.6 Å². The Hall–Kier alpha value is -2.17. The SMILES string of the molecule is C[C@H]1C[C@H]1C(=O)Nc1nc2ccccc2nc1N1CCCC1. The first kappa shape index (κ1) is 13.5. The van der Waals surface area contributed by atoms with Gasteiger partial charge in [-0.05, 0) is 37.3 Å². The van der Waals surface area contributed by atoms with E-state index in [0.717, 1.165) is 36.4 Å². The fourth-order valence-corrected chi connectivity index (χ4v) is 3.12. The van der Waals surface area contributed by atoms with Crippen molar-refractivity contribution in [3.05, 3.63) is 24.3 Å². The molecule has 2 heterocycles. The van der Waals surface area contributed by atoms with E-state index in [-0.39, 0.29) is 11.8 Å². The molecule has 2 atom stereocenters. The van der Waals surface area contributed by atoms with Gasteiger partial charge in [-0.3, -0.25) is 4.79 Å². The van der Waals surface area contributed by atoms with Crippen LogP contribution in [0.2, 0.25) is 0 Å². The lowest BCUT2D eigenvalue weighted by molar-refractivity contribution is -0.117. The van der Waals surface area contributed by atoms with E-state index in [0.29, 0.717) is 11.7 Å². The molecular weight excluding hydrogens is 276 g/mol. The molecule has 1 saturated carbocycles. The van der Waals surface area contributed by atoms with Crippen molar-refractivity contribution in [2.45, 2.75) is 26.2 Å². The Morgan fingerprint density at radius 1 is 1.18 bits per heavy atom. The van der Waals surface area contributed by atoms with Gasteiger partial charge in [-0.25, -0.2) is 9.97 Å². The average molecular weight is 296 g/mol. The number of benzene rings is 1. The smallest absolute Gasteiger partial charge is 0.229 e. The molecular formula is C17H20N4O. The molecule has 0 unspecified atom stereocenters. The van der Waals surface area contributed by atoms with E-state index in [1.807, 2.05) is 24.3 Å². The van der Waals surface area contributed by atoms with Crippen LogP contribution in [0.15, 0.2) is 24.3 Å². The van der Waals surface area contributed by atoms with Crippen LogP contribution in [0, 0.1) is 11.8 Å². The molecule has 1 aromatic carbocycles. The van der Waals surface area contributed by atoms with E-state index in [9.17, 15) is 4.79 Å². The third-order valence-electron chi connectivity index (χ3n) is 4.65. The molecule has 0 spiro atoms. The number of nitrogens with one attached hydrogen (secondary N) is 1. The van der Waals surface area contributed by atoms with Gasteiger partial charge >= 0.3 is 0 Å². The van der Waals surface area contributed by atoms with Gasteiger partial charge in [-0.2, -0.15) is 0 Å². The zero-order valence-corrected chi connectivity index (χ0v) is 12.7. The van der Waals surface area contributed by atoms with Crippen LogP contribution < -0.4 is 10.2 Å².